The van der Waals surface area contributed by atoms with E-state index in [4.69, 9.17) is 16.1 Å². The number of carbonyl (C=O) groups is 1. The maximum atomic E-state index is 12.6. The molecule has 0 unspecified atom stereocenters. The number of nitrogens with zero attached hydrogens (tertiary/aromatic N) is 3. The van der Waals surface area contributed by atoms with Crippen molar-refractivity contribution in [2.45, 2.75) is 25.7 Å². The number of likely N-dealkylation sites (tertiary alicyclic amines) is 1. The van der Waals surface area contributed by atoms with Gasteiger partial charge in [-0.25, -0.2) is 0 Å². The van der Waals surface area contributed by atoms with Gasteiger partial charge in [0.2, 0.25) is 17.6 Å². The van der Waals surface area contributed by atoms with Gasteiger partial charge in [0.1, 0.15) is 0 Å². The molecule has 6 heteroatoms. The van der Waals surface area contributed by atoms with Crippen molar-refractivity contribution in [3.8, 4) is 11.4 Å². The molecule has 4 rings (SSSR count). The molecule has 1 saturated heterocycles. The van der Waals surface area contributed by atoms with Crippen LogP contribution < -0.4 is 0 Å². The Morgan fingerprint density at radius 2 is 1.79 bits per heavy atom. The van der Waals surface area contributed by atoms with Crippen LogP contribution in [0.25, 0.3) is 11.4 Å². The second-order valence-electron chi connectivity index (χ2n) is 7.17. The molecule has 0 spiro atoms. The minimum Gasteiger partial charge on any atom is -0.342 e. The predicted molar refractivity (Wildman–Crippen MR) is 108 cm³/mol. The zero-order valence-electron chi connectivity index (χ0n) is 15.6. The van der Waals surface area contributed by atoms with E-state index in [-0.39, 0.29) is 5.91 Å². The third-order valence-electron chi connectivity index (χ3n) is 5.23. The van der Waals surface area contributed by atoms with Crippen LogP contribution in [0, 0.1) is 5.92 Å². The van der Waals surface area contributed by atoms with E-state index >= 15 is 0 Å². The van der Waals surface area contributed by atoms with Crippen LogP contribution in [0.15, 0.2) is 59.1 Å². The summed E-state index contributed by atoms with van der Waals surface area (Å²) in [6.07, 6.45) is 3.00. The summed E-state index contributed by atoms with van der Waals surface area (Å²) in [4.78, 5) is 19.0. The minimum absolute atomic E-state index is 0.135. The third-order valence-corrected chi connectivity index (χ3v) is 5.60. The lowest BCUT2D eigenvalue weighted by Gasteiger charge is -2.31. The highest BCUT2D eigenvalue weighted by Gasteiger charge is 2.25. The first-order chi connectivity index (χ1) is 13.7. The zero-order chi connectivity index (χ0) is 19.3. The Morgan fingerprint density at radius 1 is 1.07 bits per heavy atom. The molecule has 1 amide bonds. The molecule has 3 aromatic rings. The van der Waals surface area contributed by atoms with Crippen molar-refractivity contribution in [2.75, 3.05) is 13.1 Å². The van der Waals surface area contributed by atoms with Gasteiger partial charge in [0.25, 0.3) is 0 Å². The smallest absolute Gasteiger partial charge is 0.227 e. The van der Waals surface area contributed by atoms with E-state index in [1.54, 1.807) is 0 Å². The maximum Gasteiger partial charge on any atom is 0.227 e. The van der Waals surface area contributed by atoms with Crippen molar-refractivity contribution >= 4 is 17.5 Å². The van der Waals surface area contributed by atoms with Crippen LogP contribution in [0.2, 0.25) is 5.02 Å². The van der Waals surface area contributed by atoms with Gasteiger partial charge >= 0.3 is 0 Å². The number of rotatable bonds is 5. The molecule has 2 aromatic carbocycles. The van der Waals surface area contributed by atoms with Crippen molar-refractivity contribution in [1.29, 1.82) is 0 Å². The highest BCUT2D eigenvalue weighted by atomic mass is 35.5. The normalized spacial score (nSPS) is 15.0. The minimum atomic E-state index is 0.135. The average Bonchev–Trinajstić information content (AvgIpc) is 3.19. The largest absolute Gasteiger partial charge is 0.342 e. The summed E-state index contributed by atoms with van der Waals surface area (Å²) in [5.74, 6) is 1.88. The van der Waals surface area contributed by atoms with E-state index in [2.05, 4.69) is 10.1 Å². The molecule has 2 heterocycles. The molecule has 1 aromatic heterocycles. The van der Waals surface area contributed by atoms with Crippen LogP contribution >= 0.6 is 11.6 Å². The molecule has 28 heavy (non-hydrogen) atoms. The average molecular weight is 396 g/mol. The fourth-order valence-electron chi connectivity index (χ4n) is 3.59. The summed E-state index contributed by atoms with van der Waals surface area (Å²) in [6, 6.07) is 17.3. The number of hydrogen-bond acceptors (Lipinski definition) is 4. The van der Waals surface area contributed by atoms with Crippen molar-refractivity contribution in [1.82, 2.24) is 15.0 Å². The molecule has 0 atom stereocenters. The summed E-state index contributed by atoms with van der Waals surface area (Å²) >= 11 is 6.17. The summed E-state index contributed by atoms with van der Waals surface area (Å²) in [5, 5.41) is 4.74. The molecular formula is C22H22ClN3O2. The van der Waals surface area contributed by atoms with E-state index in [0.29, 0.717) is 29.1 Å². The van der Waals surface area contributed by atoms with Gasteiger partial charge in [0, 0.05) is 30.1 Å². The number of carbonyl (C=O) groups excluding carboxylic acids is 1. The first-order valence-electron chi connectivity index (χ1n) is 9.58. The van der Waals surface area contributed by atoms with Crippen LogP contribution in [0.3, 0.4) is 0 Å². The van der Waals surface area contributed by atoms with Crippen LogP contribution in [-0.4, -0.2) is 34.0 Å². The molecule has 0 aliphatic carbocycles. The molecule has 1 aliphatic rings. The molecule has 144 valence electrons. The zero-order valence-corrected chi connectivity index (χ0v) is 16.3. The fraction of sp³-hybridized carbons (Fsp3) is 0.318. The monoisotopic (exact) mass is 395 g/mol. The summed E-state index contributed by atoms with van der Waals surface area (Å²) in [5.41, 5.74) is 1.84. The summed E-state index contributed by atoms with van der Waals surface area (Å²) in [7, 11) is 0. The van der Waals surface area contributed by atoms with Crippen molar-refractivity contribution in [2.24, 2.45) is 5.92 Å². The van der Waals surface area contributed by atoms with Gasteiger partial charge in [0.05, 0.1) is 6.42 Å². The molecule has 1 fully saturated rings. The third kappa shape index (κ3) is 4.42. The quantitative estimate of drug-likeness (QED) is 0.641. The maximum absolute atomic E-state index is 12.6. The standard InChI is InChI=1S/C22H22ClN3O2/c23-19-9-5-4-8-18(19)15-21(27)26-12-10-16(11-13-26)14-20-24-22(25-28-20)17-6-2-1-3-7-17/h1-9,16H,10-15H2. The Bertz CT molecular complexity index is 934. The second-order valence-corrected chi connectivity index (χ2v) is 7.58. The van der Waals surface area contributed by atoms with E-state index in [0.717, 1.165) is 43.5 Å². The molecule has 5 nitrogen and oxygen atoms in total. The van der Waals surface area contributed by atoms with Gasteiger partial charge in [-0.05, 0) is 30.4 Å². The second kappa shape index (κ2) is 8.57. The SMILES string of the molecule is O=C(Cc1ccccc1Cl)N1CCC(Cc2nc(-c3ccccc3)no2)CC1. The van der Waals surface area contributed by atoms with Crippen molar-refractivity contribution in [3.63, 3.8) is 0 Å². The summed E-state index contributed by atoms with van der Waals surface area (Å²) < 4.78 is 5.43. The van der Waals surface area contributed by atoms with Crippen LogP contribution in [0.5, 0.6) is 0 Å². The molecule has 0 bridgehead atoms. The molecule has 0 N–H and O–H groups in total. The Morgan fingerprint density at radius 3 is 2.54 bits per heavy atom. The van der Waals surface area contributed by atoms with E-state index in [9.17, 15) is 4.79 Å². The predicted octanol–water partition coefficient (Wildman–Crippen LogP) is 4.41. The Kier molecular flexibility index (Phi) is 5.72. The number of amides is 1. The molecule has 0 saturated carbocycles. The van der Waals surface area contributed by atoms with Gasteiger partial charge in [-0.15, -0.1) is 0 Å². The van der Waals surface area contributed by atoms with E-state index in [1.165, 1.54) is 0 Å². The molecule has 0 radical (unpaired) electrons. The van der Waals surface area contributed by atoms with Gasteiger partial charge in [0.15, 0.2) is 0 Å². The lowest BCUT2D eigenvalue weighted by molar-refractivity contribution is -0.131. The highest BCUT2D eigenvalue weighted by molar-refractivity contribution is 6.31. The van der Waals surface area contributed by atoms with Gasteiger partial charge in [-0.2, -0.15) is 4.98 Å². The van der Waals surface area contributed by atoms with Crippen LogP contribution in [0.1, 0.15) is 24.3 Å². The van der Waals surface area contributed by atoms with Gasteiger partial charge < -0.3 is 9.42 Å². The topological polar surface area (TPSA) is 59.2 Å². The lowest BCUT2D eigenvalue weighted by Crippen LogP contribution is -2.39. The number of aromatic nitrogens is 2. The van der Waals surface area contributed by atoms with Gasteiger partial charge in [-0.1, -0.05) is 65.3 Å². The Labute approximate surface area is 169 Å². The molecule has 1 aliphatic heterocycles. The summed E-state index contributed by atoms with van der Waals surface area (Å²) in [6.45, 7) is 1.52. The van der Waals surface area contributed by atoms with E-state index in [1.807, 2.05) is 59.5 Å². The first kappa shape index (κ1) is 18.7. The number of benzene rings is 2. The van der Waals surface area contributed by atoms with E-state index < -0.39 is 0 Å². The Hall–Kier alpha value is -2.66. The van der Waals surface area contributed by atoms with Crippen molar-refractivity contribution in [3.05, 3.63) is 71.1 Å². The highest BCUT2D eigenvalue weighted by Crippen LogP contribution is 2.24. The van der Waals surface area contributed by atoms with Crippen LogP contribution in [0.4, 0.5) is 0 Å². The first-order valence-corrected chi connectivity index (χ1v) is 9.96. The number of hydrogen-bond donors (Lipinski definition) is 0. The Balaban J connectivity index is 1.29. The van der Waals surface area contributed by atoms with Crippen molar-refractivity contribution < 1.29 is 9.32 Å². The number of piperidine rings is 1. The molecular weight excluding hydrogens is 374 g/mol. The lowest BCUT2D eigenvalue weighted by atomic mass is 9.93. The van der Waals surface area contributed by atoms with Gasteiger partial charge in [-0.3, -0.25) is 4.79 Å². The van der Waals surface area contributed by atoms with Crippen LogP contribution in [-0.2, 0) is 17.6 Å². The fourth-order valence-corrected chi connectivity index (χ4v) is 3.79. The number of halogens is 1.